The van der Waals surface area contributed by atoms with Gasteiger partial charge in [0.2, 0.25) is 0 Å². The fraction of sp³-hybridized carbons (Fsp3) is 0.917. The van der Waals surface area contributed by atoms with E-state index in [0.717, 1.165) is 32.1 Å². The molecule has 2 unspecified atom stereocenters. The normalized spacial score (nSPS) is 27.7. The predicted molar refractivity (Wildman–Crippen MR) is 58.8 cm³/mol. The molecular weight excluding hydrogens is 192 g/mol. The zero-order chi connectivity index (χ0) is 11.5. The fourth-order valence-corrected chi connectivity index (χ4v) is 2.01. The fourth-order valence-electron chi connectivity index (χ4n) is 2.01. The molecule has 1 N–H and O–H groups in total. The van der Waals surface area contributed by atoms with Crippen LogP contribution in [0.2, 0.25) is 0 Å². The SMILES string of the molecule is CCC(C)(C)OC1CCCCC1C(=O)O. The lowest BCUT2D eigenvalue weighted by Gasteiger charge is -2.35. The van der Waals surface area contributed by atoms with Crippen LogP contribution >= 0.6 is 0 Å². The maximum atomic E-state index is 11.1. The quantitative estimate of drug-likeness (QED) is 0.782. The Morgan fingerprint density at radius 1 is 1.40 bits per heavy atom. The van der Waals surface area contributed by atoms with Gasteiger partial charge in [-0.3, -0.25) is 4.79 Å². The van der Waals surface area contributed by atoms with Gasteiger partial charge in [-0.15, -0.1) is 0 Å². The molecule has 0 radical (unpaired) electrons. The van der Waals surface area contributed by atoms with Crippen LogP contribution in [0.25, 0.3) is 0 Å². The summed E-state index contributed by atoms with van der Waals surface area (Å²) in [4.78, 5) is 11.1. The van der Waals surface area contributed by atoms with Gasteiger partial charge in [-0.2, -0.15) is 0 Å². The third kappa shape index (κ3) is 3.49. The van der Waals surface area contributed by atoms with E-state index in [1.54, 1.807) is 0 Å². The monoisotopic (exact) mass is 214 g/mol. The van der Waals surface area contributed by atoms with E-state index in [1.165, 1.54) is 0 Å². The Bertz CT molecular complexity index is 223. The van der Waals surface area contributed by atoms with Crippen molar-refractivity contribution in [2.24, 2.45) is 5.92 Å². The van der Waals surface area contributed by atoms with Gasteiger partial charge in [-0.1, -0.05) is 19.8 Å². The summed E-state index contributed by atoms with van der Waals surface area (Å²) in [5.41, 5.74) is -0.199. The highest BCUT2D eigenvalue weighted by molar-refractivity contribution is 5.70. The van der Waals surface area contributed by atoms with Crippen LogP contribution in [0.15, 0.2) is 0 Å². The van der Waals surface area contributed by atoms with Crippen molar-refractivity contribution in [1.29, 1.82) is 0 Å². The van der Waals surface area contributed by atoms with Crippen molar-refractivity contribution in [2.75, 3.05) is 0 Å². The van der Waals surface area contributed by atoms with E-state index in [-0.39, 0.29) is 17.6 Å². The summed E-state index contributed by atoms with van der Waals surface area (Å²) in [6, 6.07) is 0. The van der Waals surface area contributed by atoms with E-state index in [2.05, 4.69) is 6.92 Å². The molecule has 3 nitrogen and oxygen atoms in total. The molecule has 2 atom stereocenters. The lowest BCUT2D eigenvalue weighted by atomic mass is 9.86. The highest BCUT2D eigenvalue weighted by Gasteiger charge is 2.34. The smallest absolute Gasteiger partial charge is 0.309 e. The van der Waals surface area contributed by atoms with Crippen LogP contribution in [0.1, 0.15) is 52.9 Å². The van der Waals surface area contributed by atoms with E-state index in [9.17, 15) is 4.79 Å². The molecule has 0 aromatic heterocycles. The van der Waals surface area contributed by atoms with Crippen LogP contribution in [-0.2, 0) is 9.53 Å². The number of carboxylic acids is 1. The van der Waals surface area contributed by atoms with E-state index in [4.69, 9.17) is 9.84 Å². The Hall–Kier alpha value is -0.570. The van der Waals surface area contributed by atoms with Crippen LogP contribution in [0, 0.1) is 5.92 Å². The molecule has 0 spiro atoms. The second-order valence-corrected chi connectivity index (χ2v) is 5.00. The first-order valence-corrected chi connectivity index (χ1v) is 5.87. The van der Waals surface area contributed by atoms with E-state index < -0.39 is 5.97 Å². The number of hydrogen-bond acceptors (Lipinski definition) is 2. The van der Waals surface area contributed by atoms with E-state index in [0.29, 0.717) is 0 Å². The molecule has 0 aliphatic heterocycles. The molecule has 1 saturated carbocycles. The minimum atomic E-state index is -0.702. The van der Waals surface area contributed by atoms with Gasteiger partial charge in [0.25, 0.3) is 0 Å². The van der Waals surface area contributed by atoms with Gasteiger partial charge in [0, 0.05) is 0 Å². The third-order valence-electron chi connectivity index (χ3n) is 3.34. The van der Waals surface area contributed by atoms with Crippen LogP contribution in [0.5, 0.6) is 0 Å². The van der Waals surface area contributed by atoms with Crippen LogP contribution < -0.4 is 0 Å². The summed E-state index contributed by atoms with van der Waals surface area (Å²) in [5.74, 6) is -1.00. The maximum Gasteiger partial charge on any atom is 0.309 e. The van der Waals surface area contributed by atoms with Crippen LogP contribution in [-0.4, -0.2) is 22.8 Å². The zero-order valence-electron chi connectivity index (χ0n) is 9.95. The first-order chi connectivity index (χ1) is 6.96. The first kappa shape index (κ1) is 12.5. The van der Waals surface area contributed by atoms with Crippen molar-refractivity contribution in [1.82, 2.24) is 0 Å². The Morgan fingerprint density at radius 3 is 2.53 bits per heavy atom. The first-order valence-electron chi connectivity index (χ1n) is 5.87. The molecular formula is C12H22O3. The molecule has 1 aliphatic carbocycles. The second-order valence-electron chi connectivity index (χ2n) is 5.00. The van der Waals surface area contributed by atoms with Crippen molar-refractivity contribution in [3.05, 3.63) is 0 Å². The van der Waals surface area contributed by atoms with Gasteiger partial charge < -0.3 is 9.84 Å². The average molecular weight is 214 g/mol. The Labute approximate surface area is 91.8 Å². The third-order valence-corrected chi connectivity index (χ3v) is 3.34. The second kappa shape index (κ2) is 4.97. The molecule has 88 valence electrons. The molecule has 0 saturated heterocycles. The predicted octanol–water partition coefficient (Wildman–Crippen LogP) is 2.84. The van der Waals surface area contributed by atoms with Crippen molar-refractivity contribution >= 4 is 5.97 Å². The summed E-state index contributed by atoms with van der Waals surface area (Å²) >= 11 is 0. The van der Waals surface area contributed by atoms with Gasteiger partial charge in [-0.25, -0.2) is 0 Å². The minimum Gasteiger partial charge on any atom is -0.481 e. The van der Waals surface area contributed by atoms with Crippen LogP contribution in [0.4, 0.5) is 0 Å². The zero-order valence-corrected chi connectivity index (χ0v) is 9.95. The lowest BCUT2D eigenvalue weighted by Crippen LogP contribution is -2.39. The maximum absolute atomic E-state index is 11.1. The van der Waals surface area contributed by atoms with Crippen molar-refractivity contribution in [3.8, 4) is 0 Å². The minimum absolute atomic E-state index is 0.0915. The van der Waals surface area contributed by atoms with Crippen molar-refractivity contribution in [2.45, 2.75) is 64.6 Å². The molecule has 3 heteroatoms. The molecule has 1 fully saturated rings. The van der Waals surface area contributed by atoms with Crippen molar-refractivity contribution in [3.63, 3.8) is 0 Å². The molecule has 0 amide bonds. The number of aliphatic carboxylic acids is 1. The lowest BCUT2D eigenvalue weighted by molar-refractivity contribution is -0.159. The standard InChI is InChI=1S/C12H22O3/c1-4-12(2,3)15-10-8-6-5-7-9(10)11(13)14/h9-10H,4-8H2,1-3H3,(H,13,14). The van der Waals surface area contributed by atoms with Crippen molar-refractivity contribution < 1.29 is 14.6 Å². The highest BCUT2D eigenvalue weighted by Crippen LogP contribution is 2.31. The largest absolute Gasteiger partial charge is 0.481 e. The number of hydrogen-bond donors (Lipinski definition) is 1. The number of ether oxygens (including phenoxy) is 1. The summed E-state index contributed by atoms with van der Waals surface area (Å²) in [6.45, 7) is 6.12. The highest BCUT2D eigenvalue weighted by atomic mass is 16.5. The number of carbonyl (C=O) groups is 1. The Kier molecular flexibility index (Phi) is 4.14. The molecule has 1 aliphatic rings. The van der Waals surface area contributed by atoms with Gasteiger partial charge in [-0.05, 0) is 33.1 Å². The molecule has 0 bridgehead atoms. The van der Waals surface area contributed by atoms with Gasteiger partial charge in [0.15, 0.2) is 0 Å². The van der Waals surface area contributed by atoms with E-state index >= 15 is 0 Å². The molecule has 1 rings (SSSR count). The Morgan fingerprint density at radius 2 is 2.00 bits per heavy atom. The molecule has 0 aromatic carbocycles. The van der Waals surface area contributed by atoms with Gasteiger partial charge in [0.05, 0.1) is 17.6 Å². The summed E-state index contributed by atoms with van der Waals surface area (Å²) < 4.78 is 5.92. The summed E-state index contributed by atoms with van der Waals surface area (Å²) in [5, 5.41) is 9.10. The van der Waals surface area contributed by atoms with E-state index in [1.807, 2.05) is 13.8 Å². The molecule has 15 heavy (non-hydrogen) atoms. The summed E-state index contributed by atoms with van der Waals surface area (Å²) in [6.07, 6.45) is 4.58. The van der Waals surface area contributed by atoms with Gasteiger partial charge >= 0.3 is 5.97 Å². The average Bonchev–Trinajstić information content (AvgIpc) is 2.18. The molecule has 0 aromatic rings. The molecule has 0 heterocycles. The van der Waals surface area contributed by atoms with Gasteiger partial charge in [0.1, 0.15) is 0 Å². The Balaban J connectivity index is 2.61. The number of rotatable bonds is 4. The summed E-state index contributed by atoms with van der Waals surface area (Å²) in [7, 11) is 0. The number of carboxylic acid groups (broad SMARTS) is 1. The van der Waals surface area contributed by atoms with Crippen LogP contribution in [0.3, 0.4) is 0 Å². The topological polar surface area (TPSA) is 46.5 Å².